The second-order valence-electron chi connectivity index (χ2n) is 4.44. The van der Waals surface area contributed by atoms with Crippen molar-refractivity contribution < 1.29 is 5.11 Å². The molecule has 0 spiro atoms. The Morgan fingerprint density at radius 1 is 1.11 bits per heavy atom. The Morgan fingerprint density at radius 3 is 2.63 bits per heavy atom. The molecule has 0 aliphatic heterocycles. The Hall–Kier alpha value is -2.40. The molecule has 19 heavy (non-hydrogen) atoms. The molecule has 0 radical (unpaired) electrons. The smallest absolute Gasteiger partial charge is 0.113 e. The summed E-state index contributed by atoms with van der Waals surface area (Å²) < 4.78 is 1.70. The van der Waals surface area contributed by atoms with Gasteiger partial charge in [0.25, 0.3) is 0 Å². The van der Waals surface area contributed by atoms with Gasteiger partial charge in [-0.2, -0.15) is 0 Å². The van der Waals surface area contributed by atoms with Crippen LogP contribution in [0.4, 0.5) is 5.69 Å². The predicted octanol–water partition coefficient (Wildman–Crippen LogP) is 1.75. The largest absolute Gasteiger partial charge is 0.399 e. The van der Waals surface area contributed by atoms with Crippen LogP contribution in [0.15, 0.2) is 48.5 Å². The monoisotopic (exact) mass is 254 g/mol. The van der Waals surface area contributed by atoms with E-state index in [4.69, 9.17) is 5.73 Å². The van der Waals surface area contributed by atoms with Crippen LogP contribution < -0.4 is 5.73 Å². The molecule has 0 saturated heterocycles. The summed E-state index contributed by atoms with van der Waals surface area (Å²) in [4.78, 5) is 0. The number of aliphatic hydroxyl groups excluding tert-OH is 1. The lowest BCUT2D eigenvalue weighted by Crippen LogP contribution is -2.10. The zero-order valence-electron chi connectivity index (χ0n) is 10.3. The Balaban J connectivity index is 1.86. The number of nitrogens with two attached hydrogens (primary N) is 1. The molecule has 5 heteroatoms. The van der Waals surface area contributed by atoms with Crippen LogP contribution in [-0.2, 0) is 6.54 Å². The molecule has 5 nitrogen and oxygen atoms in total. The van der Waals surface area contributed by atoms with Crippen molar-refractivity contribution in [1.29, 1.82) is 0 Å². The molecular formula is C14H14N4O. The van der Waals surface area contributed by atoms with Crippen LogP contribution in [0.25, 0.3) is 11.0 Å². The molecule has 0 bridgehead atoms. The number of hydrogen-bond donors (Lipinski definition) is 2. The summed E-state index contributed by atoms with van der Waals surface area (Å²) in [6, 6.07) is 14.9. The summed E-state index contributed by atoms with van der Waals surface area (Å²) in [6.07, 6.45) is -0.634. The number of anilines is 1. The standard InChI is InChI=1S/C14H14N4O/c15-11-7-5-10(6-8-11)14(19)9-18-13-4-2-1-3-12(13)16-17-18/h1-8,14,19H,9,15H2. The number of benzene rings is 2. The third kappa shape index (κ3) is 2.28. The number of rotatable bonds is 3. The molecule has 0 amide bonds. The highest BCUT2D eigenvalue weighted by atomic mass is 16.3. The summed E-state index contributed by atoms with van der Waals surface area (Å²) >= 11 is 0. The van der Waals surface area contributed by atoms with Crippen LogP contribution in [0.3, 0.4) is 0 Å². The molecular weight excluding hydrogens is 240 g/mol. The fourth-order valence-corrected chi connectivity index (χ4v) is 2.04. The Bertz CT molecular complexity index is 690. The second-order valence-corrected chi connectivity index (χ2v) is 4.44. The van der Waals surface area contributed by atoms with E-state index in [1.165, 1.54) is 0 Å². The molecule has 3 rings (SSSR count). The van der Waals surface area contributed by atoms with E-state index < -0.39 is 6.10 Å². The van der Waals surface area contributed by atoms with Crippen molar-refractivity contribution >= 4 is 16.7 Å². The van der Waals surface area contributed by atoms with Crippen molar-refractivity contribution in [3.8, 4) is 0 Å². The molecule has 0 aliphatic carbocycles. The molecule has 1 heterocycles. The minimum atomic E-state index is -0.634. The van der Waals surface area contributed by atoms with Crippen molar-refractivity contribution in [2.24, 2.45) is 0 Å². The Kier molecular flexibility index (Phi) is 2.89. The van der Waals surface area contributed by atoms with Gasteiger partial charge in [-0.1, -0.05) is 29.5 Å². The third-order valence-corrected chi connectivity index (χ3v) is 3.09. The van der Waals surface area contributed by atoms with E-state index >= 15 is 0 Å². The SMILES string of the molecule is Nc1ccc(C(O)Cn2nnc3ccccc32)cc1. The van der Waals surface area contributed by atoms with E-state index in [1.807, 2.05) is 36.4 Å². The minimum absolute atomic E-state index is 0.366. The number of nitrogens with zero attached hydrogens (tertiary/aromatic N) is 3. The quantitative estimate of drug-likeness (QED) is 0.698. The highest BCUT2D eigenvalue weighted by molar-refractivity contribution is 5.73. The average Bonchev–Trinajstić information content (AvgIpc) is 2.83. The molecule has 0 aliphatic rings. The first kappa shape index (κ1) is 11.7. The summed E-state index contributed by atoms with van der Waals surface area (Å²) in [7, 11) is 0. The van der Waals surface area contributed by atoms with E-state index in [-0.39, 0.29) is 0 Å². The molecule has 1 unspecified atom stereocenters. The molecule has 3 N–H and O–H groups in total. The highest BCUT2D eigenvalue weighted by Crippen LogP contribution is 2.18. The maximum absolute atomic E-state index is 10.2. The van der Waals surface area contributed by atoms with Gasteiger partial charge < -0.3 is 10.8 Å². The van der Waals surface area contributed by atoms with Crippen molar-refractivity contribution in [2.45, 2.75) is 12.6 Å². The molecule has 1 atom stereocenters. The molecule has 0 fully saturated rings. The summed E-state index contributed by atoms with van der Waals surface area (Å²) in [5.74, 6) is 0. The van der Waals surface area contributed by atoms with Crippen LogP contribution in [0.5, 0.6) is 0 Å². The van der Waals surface area contributed by atoms with Crippen LogP contribution >= 0.6 is 0 Å². The van der Waals surface area contributed by atoms with E-state index in [2.05, 4.69) is 10.3 Å². The third-order valence-electron chi connectivity index (χ3n) is 3.09. The number of para-hydroxylation sites is 1. The van der Waals surface area contributed by atoms with Gasteiger partial charge >= 0.3 is 0 Å². The molecule has 3 aromatic rings. The van der Waals surface area contributed by atoms with Crippen molar-refractivity contribution in [1.82, 2.24) is 15.0 Å². The van der Waals surface area contributed by atoms with Gasteiger partial charge in [-0.05, 0) is 29.8 Å². The zero-order chi connectivity index (χ0) is 13.2. The predicted molar refractivity (Wildman–Crippen MR) is 73.3 cm³/mol. The molecule has 1 aromatic heterocycles. The maximum Gasteiger partial charge on any atom is 0.113 e. The number of hydrogen-bond acceptors (Lipinski definition) is 4. The van der Waals surface area contributed by atoms with Crippen molar-refractivity contribution in [3.05, 3.63) is 54.1 Å². The Morgan fingerprint density at radius 2 is 1.84 bits per heavy atom. The Labute approximate surface area is 110 Å². The number of aliphatic hydroxyl groups is 1. The van der Waals surface area contributed by atoms with Crippen molar-refractivity contribution in [3.63, 3.8) is 0 Å². The summed E-state index contributed by atoms with van der Waals surface area (Å²) in [5, 5.41) is 18.3. The lowest BCUT2D eigenvalue weighted by Gasteiger charge is -2.11. The van der Waals surface area contributed by atoms with Gasteiger partial charge in [-0.3, -0.25) is 0 Å². The van der Waals surface area contributed by atoms with Gasteiger partial charge in [0.2, 0.25) is 0 Å². The second kappa shape index (κ2) is 4.70. The number of nitrogen functional groups attached to an aromatic ring is 1. The fourth-order valence-electron chi connectivity index (χ4n) is 2.04. The van der Waals surface area contributed by atoms with E-state index in [1.54, 1.807) is 16.8 Å². The van der Waals surface area contributed by atoms with E-state index in [0.717, 1.165) is 16.6 Å². The lowest BCUT2D eigenvalue weighted by molar-refractivity contribution is 0.152. The van der Waals surface area contributed by atoms with Crippen LogP contribution in [-0.4, -0.2) is 20.1 Å². The summed E-state index contributed by atoms with van der Waals surface area (Å²) in [6.45, 7) is 0.366. The van der Waals surface area contributed by atoms with Gasteiger partial charge in [0, 0.05) is 5.69 Å². The normalized spacial score (nSPS) is 12.7. The van der Waals surface area contributed by atoms with Gasteiger partial charge in [0.1, 0.15) is 5.52 Å². The first-order chi connectivity index (χ1) is 9.24. The topological polar surface area (TPSA) is 77.0 Å². The molecule has 0 saturated carbocycles. The van der Waals surface area contributed by atoms with E-state index in [9.17, 15) is 5.11 Å². The number of fused-ring (bicyclic) bond motifs is 1. The van der Waals surface area contributed by atoms with Crippen LogP contribution in [0.2, 0.25) is 0 Å². The van der Waals surface area contributed by atoms with Crippen LogP contribution in [0.1, 0.15) is 11.7 Å². The summed E-state index contributed by atoms with van der Waals surface area (Å²) in [5.41, 5.74) is 8.86. The molecule has 96 valence electrons. The van der Waals surface area contributed by atoms with E-state index in [0.29, 0.717) is 12.2 Å². The van der Waals surface area contributed by atoms with Crippen molar-refractivity contribution in [2.75, 3.05) is 5.73 Å². The fraction of sp³-hybridized carbons (Fsp3) is 0.143. The van der Waals surface area contributed by atoms with Crippen LogP contribution in [0, 0.1) is 0 Å². The number of aromatic nitrogens is 3. The average molecular weight is 254 g/mol. The minimum Gasteiger partial charge on any atom is -0.399 e. The lowest BCUT2D eigenvalue weighted by atomic mass is 10.1. The van der Waals surface area contributed by atoms with Gasteiger partial charge in [-0.15, -0.1) is 5.10 Å². The first-order valence-electron chi connectivity index (χ1n) is 6.06. The van der Waals surface area contributed by atoms with Gasteiger partial charge in [0.15, 0.2) is 0 Å². The first-order valence-corrected chi connectivity index (χ1v) is 6.06. The maximum atomic E-state index is 10.2. The highest BCUT2D eigenvalue weighted by Gasteiger charge is 2.11. The van der Waals surface area contributed by atoms with Gasteiger partial charge in [-0.25, -0.2) is 4.68 Å². The van der Waals surface area contributed by atoms with Gasteiger partial charge in [0.05, 0.1) is 18.2 Å². The molecule has 2 aromatic carbocycles. The zero-order valence-corrected chi connectivity index (χ0v) is 10.3.